The van der Waals surface area contributed by atoms with Gasteiger partial charge in [0.25, 0.3) is 0 Å². The highest BCUT2D eigenvalue weighted by Crippen LogP contribution is 2.41. The molecular formula is C41H27N3O. The molecule has 8 aromatic rings. The number of furan rings is 1. The van der Waals surface area contributed by atoms with Crippen molar-refractivity contribution in [2.75, 3.05) is 0 Å². The number of rotatable bonds is 4. The van der Waals surface area contributed by atoms with Crippen LogP contribution < -0.4 is 0 Å². The van der Waals surface area contributed by atoms with Crippen molar-refractivity contribution in [2.45, 2.75) is 12.8 Å². The van der Waals surface area contributed by atoms with Crippen LogP contribution in [0.2, 0.25) is 0 Å². The number of benzene rings is 6. The number of allylic oxidation sites excluding steroid dienone is 4. The molecular weight excluding hydrogens is 550 g/mol. The molecule has 0 bridgehead atoms. The fourth-order valence-corrected chi connectivity index (χ4v) is 6.75. The molecule has 0 radical (unpaired) electrons. The Labute approximate surface area is 260 Å². The van der Waals surface area contributed by atoms with Gasteiger partial charge in [-0.15, -0.1) is 0 Å². The number of aromatic nitrogens is 3. The van der Waals surface area contributed by atoms with E-state index in [0.717, 1.165) is 67.8 Å². The van der Waals surface area contributed by atoms with Crippen LogP contribution in [-0.2, 0) is 0 Å². The highest BCUT2D eigenvalue weighted by atomic mass is 16.3. The summed E-state index contributed by atoms with van der Waals surface area (Å²) < 4.78 is 6.27. The average Bonchev–Trinajstić information content (AvgIpc) is 3.50. The predicted octanol–water partition coefficient (Wildman–Crippen LogP) is 10.7. The first-order chi connectivity index (χ1) is 22.3. The molecule has 0 unspecified atom stereocenters. The standard InChI is InChI=1S/C41H27N3O/c1-2-13-26(14-3-1)39-42-40(44-41(43-39)35-25-27-15-4-5-16-28(27)29-17-6-7-18-30(29)35)33-20-9-8-19-31(33)32-22-12-24-37-38(32)34-21-10-11-23-36(34)45-37/h1-7,9-18,20-25H,8,19H2. The van der Waals surface area contributed by atoms with Crippen LogP contribution in [0.25, 0.3) is 77.4 Å². The fourth-order valence-electron chi connectivity index (χ4n) is 6.75. The summed E-state index contributed by atoms with van der Waals surface area (Å²) in [5.41, 5.74) is 7.13. The van der Waals surface area contributed by atoms with Crippen molar-refractivity contribution in [3.8, 4) is 22.8 Å². The zero-order chi connectivity index (χ0) is 29.7. The Hall–Kier alpha value is -5.87. The molecule has 0 N–H and O–H groups in total. The number of para-hydroxylation sites is 1. The molecule has 9 rings (SSSR count). The van der Waals surface area contributed by atoms with Crippen molar-refractivity contribution in [2.24, 2.45) is 0 Å². The van der Waals surface area contributed by atoms with Gasteiger partial charge in [-0.1, -0.05) is 121 Å². The van der Waals surface area contributed by atoms with E-state index in [-0.39, 0.29) is 0 Å². The average molecular weight is 578 g/mol. The van der Waals surface area contributed by atoms with Gasteiger partial charge in [-0.2, -0.15) is 0 Å². The molecule has 45 heavy (non-hydrogen) atoms. The van der Waals surface area contributed by atoms with Crippen molar-refractivity contribution in [1.82, 2.24) is 15.0 Å². The van der Waals surface area contributed by atoms with Crippen molar-refractivity contribution in [1.29, 1.82) is 0 Å². The minimum atomic E-state index is 0.658. The Morgan fingerprint density at radius 2 is 1.20 bits per heavy atom. The molecule has 2 heterocycles. The molecule has 1 aliphatic rings. The van der Waals surface area contributed by atoms with Crippen molar-refractivity contribution in [3.63, 3.8) is 0 Å². The van der Waals surface area contributed by atoms with E-state index in [1.165, 1.54) is 16.3 Å². The summed E-state index contributed by atoms with van der Waals surface area (Å²) in [6, 6.07) is 44.1. The second-order valence-corrected chi connectivity index (χ2v) is 11.5. The second kappa shape index (κ2) is 10.4. The lowest BCUT2D eigenvalue weighted by Crippen LogP contribution is -2.05. The minimum absolute atomic E-state index is 0.658. The normalized spacial score (nSPS) is 13.4. The maximum absolute atomic E-state index is 6.27. The molecule has 0 spiro atoms. The molecule has 0 saturated carbocycles. The molecule has 1 aliphatic carbocycles. The van der Waals surface area contributed by atoms with Crippen LogP contribution in [0.5, 0.6) is 0 Å². The van der Waals surface area contributed by atoms with E-state index >= 15 is 0 Å². The van der Waals surface area contributed by atoms with E-state index in [4.69, 9.17) is 19.4 Å². The highest BCUT2D eigenvalue weighted by Gasteiger charge is 2.22. The van der Waals surface area contributed by atoms with Crippen LogP contribution in [0.15, 0.2) is 144 Å². The smallest absolute Gasteiger partial charge is 0.164 e. The summed E-state index contributed by atoms with van der Waals surface area (Å²) in [5, 5.41) is 6.93. The lowest BCUT2D eigenvalue weighted by molar-refractivity contribution is 0.669. The third kappa shape index (κ3) is 4.26. The van der Waals surface area contributed by atoms with Gasteiger partial charge >= 0.3 is 0 Å². The molecule has 2 aromatic heterocycles. The van der Waals surface area contributed by atoms with Crippen LogP contribution in [0, 0.1) is 0 Å². The van der Waals surface area contributed by atoms with Crippen molar-refractivity contribution in [3.05, 3.63) is 151 Å². The summed E-state index contributed by atoms with van der Waals surface area (Å²) in [4.78, 5) is 15.5. The molecule has 0 atom stereocenters. The number of fused-ring (bicyclic) bond motifs is 6. The van der Waals surface area contributed by atoms with E-state index in [1.807, 2.05) is 30.3 Å². The first kappa shape index (κ1) is 25.6. The molecule has 4 nitrogen and oxygen atoms in total. The number of hydrogen-bond donors (Lipinski definition) is 0. The first-order valence-electron chi connectivity index (χ1n) is 15.3. The largest absolute Gasteiger partial charge is 0.456 e. The van der Waals surface area contributed by atoms with Gasteiger partial charge in [-0.25, -0.2) is 15.0 Å². The van der Waals surface area contributed by atoms with Crippen LogP contribution in [0.4, 0.5) is 0 Å². The summed E-state index contributed by atoms with van der Waals surface area (Å²) >= 11 is 0. The lowest BCUT2D eigenvalue weighted by atomic mass is 9.88. The van der Waals surface area contributed by atoms with Gasteiger partial charge in [0, 0.05) is 27.5 Å². The second-order valence-electron chi connectivity index (χ2n) is 11.5. The van der Waals surface area contributed by atoms with Gasteiger partial charge in [0.2, 0.25) is 0 Å². The zero-order valence-corrected chi connectivity index (χ0v) is 24.4. The third-order valence-corrected chi connectivity index (χ3v) is 8.82. The summed E-state index contributed by atoms with van der Waals surface area (Å²) in [6.45, 7) is 0. The van der Waals surface area contributed by atoms with E-state index in [0.29, 0.717) is 17.5 Å². The fraction of sp³-hybridized carbons (Fsp3) is 0.0488. The Morgan fingerprint density at radius 3 is 2.09 bits per heavy atom. The SMILES string of the molecule is C1=CC(c2nc(-c3ccccc3)nc(-c3cc4ccccc4c4ccccc34)n2)=C(c2cccc3oc4ccccc4c23)CC1. The van der Waals surface area contributed by atoms with Gasteiger partial charge in [-0.3, -0.25) is 0 Å². The number of nitrogens with zero attached hydrogens (tertiary/aromatic N) is 3. The van der Waals surface area contributed by atoms with Gasteiger partial charge in [0.15, 0.2) is 17.5 Å². The van der Waals surface area contributed by atoms with E-state index in [2.05, 4.69) is 109 Å². The van der Waals surface area contributed by atoms with Crippen molar-refractivity contribution < 1.29 is 4.42 Å². The van der Waals surface area contributed by atoms with Gasteiger partial charge in [-0.05, 0) is 63.7 Å². The van der Waals surface area contributed by atoms with Crippen LogP contribution in [0.3, 0.4) is 0 Å². The Bertz CT molecular complexity index is 2490. The van der Waals surface area contributed by atoms with Crippen LogP contribution in [-0.4, -0.2) is 15.0 Å². The molecule has 6 aromatic carbocycles. The Kier molecular flexibility index (Phi) is 5.91. The first-order valence-corrected chi connectivity index (χ1v) is 15.3. The minimum Gasteiger partial charge on any atom is -0.456 e. The van der Waals surface area contributed by atoms with E-state index < -0.39 is 0 Å². The van der Waals surface area contributed by atoms with Crippen molar-refractivity contribution >= 4 is 54.6 Å². The summed E-state index contributed by atoms with van der Waals surface area (Å²) in [7, 11) is 0. The third-order valence-electron chi connectivity index (χ3n) is 8.82. The van der Waals surface area contributed by atoms with Crippen LogP contribution >= 0.6 is 0 Å². The van der Waals surface area contributed by atoms with Gasteiger partial charge in [0.05, 0.1) is 0 Å². The summed E-state index contributed by atoms with van der Waals surface area (Å²) in [5.74, 6) is 2.00. The lowest BCUT2D eigenvalue weighted by Gasteiger charge is -2.18. The van der Waals surface area contributed by atoms with E-state index in [1.54, 1.807) is 0 Å². The zero-order valence-electron chi connectivity index (χ0n) is 24.4. The maximum Gasteiger partial charge on any atom is 0.164 e. The Balaban J connectivity index is 1.34. The molecule has 4 heteroatoms. The van der Waals surface area contributed by atoms with Gasteiger partial charge in [0.1, 0.15) is 11.2 Å². The molecule has 0 amide bonds. The maximum atomic E-state index is 6.27. The highest BCUT2D eigenvalue weighted by molar-refractivity contribution is 6.14. The molecule has 0 fully saturated rings. The molecule has 0 saturated heterocycles. The topological polar surface area (TPSA) is 51.8 Å². The molecule has 212 valence electrons. The van der Waals surface area contributed by atoms with Crippen LogP contribution in [0.1, 0.15) is 24.2 Å². The summed E-state index contributed by atoms with van der Waals surface area (Å²) in [6.07, 6.45) is 6.24. The number of hydrogen-bond acceptors (Lipinski definition) is 4. The molecule has 0 aliphatic heterocycles. The Morgan fingerprint density at radius 1 is 0.511 bits per heavy atom. The predicted molar refractivity (Wildman–Crippen MR) is 185 cm³/mol. The van der Waals surface area contributed by atoms with E-state index in [9.17, 15) is 0 Å². The monoisotopic (exact) mass is 577 g/mol. The van der Waals surface area contributed by atoms with Gasteiger partial charge < -0.3 is 4.42 Å². The quantitative estimate of drug-likeness (QED) is 0.195.